The zero-order chi connectivity index (χ0) is 25.5. The van der Waals surface area contributed by atoms with Crippen LogP contribution in [0.25, 0.3) is 10.9 Å². The predicted octanol–water partition coefficient (Wildman–Crippen LogP) is 4.26. The minimum Gasteiger partial charge on any atom is -0.326 e. The number of benzene rings is 3. The number of rotatable bonds is 9. The Morgan fingerprint density at radius 3 is 2.22 bits per heavy atom. The van der Waals surface area contributed by atoms with E-state index in [1.165, 1.54) is 4.57 Å². The molecule has 1 heterocycles. The van der Waals surface area contributed by atoms with Crippen LogP contribution in [0, 0.1) is 0 Å². The SMILES string of the molecule is O=C(CCCCn1c(=O)c2ccccc2n(CC(=O)Nc2ccccc2Cl)c1=O)Nc1ccccc1. The van der Waals surface area contributed by atoms with Crippen LogP contribution in [0.15, 0.2) is 88.5 Å². The Balaban J connectivity index is 1.49. The van der Waals surface area contributed by atoms with E-state index in [0.29, 0.717) is 40.1 Å². The number of carbonyl (C=O) groups excluding carboxylic acids is 2. The lowest BCUT2D eigenvalue weighted by molar-refractivity contribution is -0.117. The van der Waals surface area contributed by atoms with Gasteiger partial charge in [0.15, 0.2) is 0 Å². The lowest BCUT2D eigenvalue weighted by Crippen LogP contribution is -2.41. The molecule has 0 saturated carbocycles. The van der Waals surface area contributed by atoms with Crippen molar-refractivity contribution in [3.63, 3.8) is 0 Å². The van der Waals surface area contributed by atoms with Crippen molar-refractivity contribution in [3.05, 3.63) is 105 Å². The summed E-state index contributed by atoms with van der Waals surface area (Å²) in [6, 6.07) is 22.6. The summed E-state index contributed by atoms with van der Waals surface area (Å²) in [7, 11) is 0. The fourth-order valence-electron chi connectivity index (χ4n) is 3.92. The summed E-state index contributed by atoms with van der Waals surface area (Å²) in [5, 5.41) is 6.24. The summed E-state index contributed by atoms with van der Waals surface area (Å²) >= 11 is 6.12. The molecule has 8 nitrogen and oxygen atoms in total. The fraction of sp³-hybridized carbons (Fsp3) is 0.185. The summed E-state index contributed by atoms with van der Waals surface area (Å²) < 4.78 is 2.41. The first-order valence-corrected chi connectivity index (χ1v) is 11.9. The number of aromatic nitrogens is 2. The molecule has 4 rings (SSSR count). The second kappa shape index (κ2) is 11.5. The molecule has 2 N–H and O–H groups in total. The van der Waals surface area contributed by atoms with Crippen LogP contribution in [0.3, 0.4) is 0 Å². The van der Waals surface area contributed by atoms with E-state index in [9.17, 15) is 19.2 Å². The molecular weight excluding hydrogens is 480 g/mol. The Kier molecular flexibility index (Phi) is 7.97. The molecule has 0 aliphatic rings. The van der Waals surface area contributed by atoms with Crippen molar-refractivity contribution < 1.29 is 9.59 Å². The monoisotopic (exact) mass is 504 g/mol. The van der Waals surface area contributed by atoms with Crippen LogP contribution in [0.1, 0.15) is 19.3 Å². The molecular formula is C27H25ClN4O4. The highest BCUT2D eigenvalue weighted by Gasteiger charge is 2.16. The van der Waals surface area contributed by atoms with Gasteiger partial charge < -0.3 is 10.6 Å². The standard InChI is InChI=1S/C27H25ClN4O4/c28-21-13-5-6-14-22(21)30-25(34)18-32-23-15-7-4-12-20(23)26(35)31(27(32)36)17-9-8-16-24(33)29-19-10-2-1-3-11-19/h1-7,10-15H,8-9,16-18H2,(H,29,33)(H,30,34). The predicted molar refractivity (Wildman–Crippen MR) is 141 cm³/mol. The number of hydrogen-bond acceptors (Lipinski definition) is 4. The average molecular weight is 505 g/mol. The molecule has 0 fully saturated rings. The number of amides is 2. The van der Waals surface area contributed by atoms with Crippen molar-refractivity contribution in [1.29, 1.82) is 0 Å². The van der Waals surface area contributed by atoms with E-state index in [0.717, 1.165) is 4.57 Å². The highest BCUT2D eigenvalue weighted by Crippen LogP contribution is 2.20. The number of nitrogens with one attached hydrogen (secondary N) is 2. The number of fused-ring (bicyclic) bond motifs is 1. The van der Waals surface area contributed by atoms with E-state index in [-0.39, 0.29) is 25.4 Å². The Labute approximate surface area is 212 Å². The second-order valence-corrected chi connectivity index (χ2v) is 8.65. The van der Waals surface area contributed by atoms with Crippen LogP contribution in [0.4, 0.5) is 11.4 Å². The molecule has 4 aromatic rings. The van der Waals surface area contributed by atoms with Gasteiger partial charge in [-0.15, -0.1) is 0 Å². The van der Waals surface area contributed by atoms with Crippen LogP contribution in [-0.4, -0.2) is 20.9 Å². The Bertz CT molecular complexity index is 1510. The first kappa shape index (κ1) is 24.9. The van der Waals surface area contributed by atoms with Crippen LogP contribution in [0.2, 0.25) is 5.02 Å². The largest absolute Gasteiger partial charge is 0.331 e. The van der Waals surface area contributed by atoms with Gasteiger partial charge in [0, 0.05) is 18.7 Å². The van der Waals surface area contributed by atoms with Gasteiger partial charge in [0.1, 0.15) is 6.54 Å². The first-order valence-electron chi connectivity index (χ1n) is 11.6. The summed E-state index contributed by atoms with van der Waals surface area (Å²) in [4.78, 5) is 51.2. The lowest BCUT2D eigenvalue weighted by atomic mass is 10.2. The van der Waals surface area contributed by atoms with E-state index in [2.05, 4.69) is 10.6 Å². The number of para-hydroxylation sites is 3. The van der Waals surface area contributed by atoms with Gasteiger partial charge in [-0.25, -0.2) is 4.79 Å². The van der Waals surface area contributed by atoms with Crippen LogP contribution in [-0.2, 0) is 22.7 Å². The normalized spacial score (nSPS) is 10.8. The quantitative estimate of drug-likeness (QED) is 0.332. The summed E-state index contributed by atoms with van der Waals surface area (Å²) in [5.41, 5.74) is 0.518. The first-order chi connectivity index (χ1) is 17.4. The van der Waals surface area contributed by atoms with Gasteiger partial charge in [0.2, 0.25) is 11.8 Å². The molecule has 9 heteroatoms. The highest BCUT2D eigenvalue weighted by molar-refractivity contribution is 6.33. The number of unbranched alkanes of at least 4 members (excludes halogenated alkanes) is 1. The van der Waals surface area contributed by atoms with Crippen LogP contribution >= 0.6 is 11.6 Å². The van der Waals surface area contributed by atoms with Gasteiger partial charge in [0.25, 0.3) is 5.56 Å². The lowest BCUT2D eigenvalue weighted by Gasteiger charge is -2.14. The van der Waals surface area contributed by atoms with Gasteiger partial charge in [-0.2, -0.15) is 0 Å². The number of carbonyl (C=O) groups is 2. The van der Waals surface area contributed by atoms with Gasteiger partial charge in [-0.05, 0) is 49.2 Å². The topological polar surface area (TPSA) is 102 Å². The van der Waals surface area contributed by atoms with Crippen LogP contribution in [0.5, 0.6) is 0 Å². The third kappa shape index (κ3) is 5.90. The maximum Gasteiger partial charge on any atom is 0.331 e. The Morgan fingerprint density at radius 1 is 0.750 bits per heavy atom. The van der Waals surface area contributed by atoms with Crippen molar-refractivity contribution in [3.8, 4) is 0 Å². The molecule has 0 aliphatic carbocycles. The number of nitrogens with zero attached hydrogens (tertiary/aromatic N) is 2. The minimum atomic E-state index is -0.582. The number of halogens is 1. The maximum atomic E-state index is 13.3. The van der Waals surface area contributed by atoms with Gasteiger partial charge in [-0.3, -0.25) is 23.5 Å². The zero-order valence-corrected chi connectivity index (χ0v) is 20.2. The minimum absolute atomic E-state index is 0.132. The molecule has 2 amide bonds. The number of anilines is 2. The Morgan fingerprint density at radius 2 is 1.44 bits per heavy atom. The molecule has 3 aromatic carbocycles. The fourth-order valence-corrected chi connectivity index (χ4v) is 4.10. The molecule has 0 bridgehead atoms. The van der Waals surface area contributed by atoms with Crippen molar-refractivity contribution in [2.45, 2.75) is 32.4 Å². The summed E-state index contributed by atoms with van der Waals surface area (Å²) in [6.45, 7) is -0.155. The third-order valence-electron chi connectivity index (χ3n) is 5.67. The van der Waals surface area contributed by atoms with Crippen molar-refractivity contribution >= 4 is 45.7 Å². The molecule has 0 atom stereocenters. The van der Waals surface area contributed by atoms with Crippen molar-refractivity contribution in [2.24, 2.45) is 0 Å². The average Bonchev–Trinajstić information content (AvgIpc) is 2.88. The molecule has 0 unspecified atom stereocenters. The molecule has 1 aromatic heterocycles. The maximum absolute atomic E-state index is 13.3. The van der Waals surface area contributed by atoms with Gasteiger partial charge in [-0.1, -0.05) is 54.1 Å². The summed E-state index contributed by atoms with van der Waals surface area (Å²) in [6.07, 6.45) is 1.19. The van der Waals surface area contributed by atoms with Crippen molar-refractivity contribution in [1.82, 2.24) is 9.13 Å². The van der Waals surface area contributed by atoms with Gasteiger partial charge >= 0.3 is 5.69 Å². The highest BCUT2D eigenvalue weighted by atomic mass is 35.5. The van der Waals surface area contributed by atoms with Gasteiger partial charge in [0.05, 0.1) is 21.6 Å². The smallest absolute Gasteiger partial charge is 0.326 e. The summed E-state index contributed by atoms with van der Waals surface area (Å²) in [5.74, 6) is -0.584. The molecule has 184 valence electrons. The van der Waals surface area contributed by atoms with E-state index in [1.807, 2.05) is 18.2 Å². The number of hydrogen-bond donors (Lipinski definition) is 2. The second-order valence-electron chi connectivity index (χ2n) is 8.24. The molecule has 0 radical (unpaired) electrons. The zero-order valence-electron chi connectivity index (χ0n) is 19.4. The third-order valence-corrected chi connectivity index (χ3v) is 6.00. The molecule has 0 aliphatic heterocycles. The van der Waals surface area contributed by atoms with E-state index < -0.39 is 17.2 Å². The molecule has 36 heavy (non-hydrogen) atoms. The van der Waals surface area contributed by atoms with E-state index in [4.69, 9.17) is 11.6 Å². The van der Waals surface area contributed by atoms with E-state index >= 15 is 0 Å². The molecule has 0 saturated heterocycles. The van der Waals surface area contributed by atoms with E-state index in [1.54, 1.807) is 60.7 Å². The molecule has 0 spiro atoms. The van der Waals surface area contributed by atoms with Crippen LogP contribution < -0.4 is 21.9 Å². The van der Waals surface area contributed by atoms with Crippen molar-refractivity contribution in [2.75, 3.05) is 10.6 Å². The Hall–Kier alpha value is -4.17.